The molecule has 0 aliphatic carbocycles. The number of hydrogen-bond donors (Lipinski definition) is 1. The molecular weight excluding hydrogens is 338 g/mol. The number of anilines is 2. The van der Waals surface area contributed by atoms with E-state index in [1.807, 2.05) is 29.2 Å². The highest BCUT2D eigenvalue weighted by atomic mass is 16.6. The number of rotatable bonds is 5. The Balaban J connectivity index is 1.80. The fraction of sp³-hybridized carbons (Fsp3) is 0.278. The van der Waals surface area contributed by atoms with Crippen LogP contribution in [0, 0.1) is 10.1 Å². The van der Waals surface area contributed by atoms with Gasteiger partial charge < -0.3 is 19.6 Å². The van der Waals surface area contributed by atoms with E-state index in [1.165, 1.54) is 12.1 Å². The fourth-order valence-corrected chi connectivity index (χ4v) is 3.15. The maximum atomic E-state index is 11.4. The van der Waals surface area contributed by atoms with E-state index in [0.29, 0.717) is 31.9 Å². The Morgan fingerprint density at radius 1 is 1.08 bits per heavy atom. The minimum Gasteiger partial charge on any atom is -0.495 e. The summed E-state index contributed by atoms with van der Waals surface area (Å²) >= 11 is 0. The van der Waals surface area contributed by atoms with Crippen molar-refractivity contribution in [2.45, 2.75) is 0 Å². The zero-order chi connectivity index (χ0) is 18.7. The SMILES string of the molecule is COc1ccccc1N1CCN(c2ccc(C(=O)O)cc2[N+](=O)[O-])CC1. The minimum absolute atomic E-state index is 0.0897. The van der Waals surface area contributed by atoms with E-state index in [9.17, 15) is 14.9 Å². The van der Waals surface area contributed by atoms with Gasteiger partial charge in [-0.3, -0.25) is 10.1 Å². The number of nitrogens with zero attached hydrogens (tertiary/aromatic N) is 3. The first-order chi connectivity index (χ1) is 12.5. The lowest BCUT2D eigenvalue weighted by Gasteiger charge is -2.37. The van der Waals surface area contributed by atoms with Crippen LogP contribution in [-0.4, -0.2) is 49.3 Å². The molecule has 1 heterocycles. The molecule has 0 amide bonds. The van der Waals surface area contributed by atoms with Crippen molar-refractivity contribution in [1.82, 2.24) is 0 Å². The number of hydrogen-bond acceptors (Lipinski definition) is 6. The second kappa shape index (κ2) is 7.30. The van der Waals surface area contributed by atoms with Gasteiger partial charge in [-0.05, 0) is 24.3 Å². The number of nitro groups is 1. The quantitative estimate of drug-likeness (QED) is 0.649. The van der Waals surface area contributed by atoms with Crippen LogP contribution in [0.4, 0.5) is 17.1 Å². The molecule has 8 nitrogen and oxygen atoms in total. The topological polar surface area (TPSA) is 96.2 Å². The van der Waals surface area contributed by atoms with Gasteiger partial charge in [0.2, 0.25) is 0 Å². The Hall–Kier alpha value is -3.29. The summed E-state index contributed by atoms with van der Waals surface area (Å²) in [4.78, 5) is 26.0. The second-order valence-corrected chi connectivity index (χ2v) is 5.91. The lowest BCUT2D eigenvalue weighted by Crippen LogP contribution is -2.46. The van der Waals surface area contributed by atoms with Gasteiger partial charge in [0.15, 0.2) is 0 Å². The molecule has 0 bridgehead atoms. The first-order valence-corrected chi connectivity index (χ1v) is 8.16. The van der Waals surface area contributed by atoms with E-state index in [-0.39, 0.29) is 11.3 Å². The number of carbonyl (C=O) groups is 1. The van der Waals surface area contributed by atoms with Crippen LogP contribution in [0.5, 0.6) is 5.75 Å². The second-order valence-electron chi connectivity index (χ2n) is 5.91. The predicted molar refractivity (Wildman–Crippen MR) is 97.5 cm³/mol. The van der Waals surface area contributed by atoms with Crippen LogP contribution < -0.4 is 14.5 Å². The number of carboxylic acid groups (broad SMARTS) is 1. The number of nitro benzene ring substituents is 1. The Morgan fingerprint density at radius 3 is 2.27 bits per heavy atom. The molecule has 136 valence electrons. The van der Waals surface area contributed by atoms with E-state index in [1.54, 1.807) is 7.11 Å². The smallest absolute Gasteiger partial charge is 0.335 e. The first-order valence-electron chi connectivity index (χ1n) is 8.16. The van der Waals surface area contributed by atoms with E-state index in [2.05, 4.69) is 4.90 Å². The highest BCUT2D eigenvalue weighted by Gasteiger charge is 2.26. The third kappa shape index (κ3) is 3.39. The molecule has 0 atom stereocenters. The largest absolute Gasteiger partial charge is 0.495 e. The number of para-hydroxylation sites is 2. The van der Waals surface area contributed by atoms with Crippen LogP contribution in [0.2, 0.25) is 0 Å². The van der Waals surface area contributed by atoms with Crippen molar-refractivity contribution in [2.24, 2.45) is 0 Å². The van der Waals surface area contributed by atoms with Crippen LogP contribution in [0.15, 0.2) is 42.5 Å². The van der Waals surface area contributed by atoms with Gasteiger partial charge in [-0.25, -0.2) is 4.79 Å². The number of aromatic carboxylic acids is 1. The van der Waals surface area contributed by atoms with Gasteiger partial charge in [-0.15, -0.1) is 0 Å². The average molecular weight is 357 g/mol. The molecule has 26 heavy (non-hydrogen) atoms. The van der Waals surface area contributed by atoms with E-state index < -0.39 is 10.9 Å². The van der Waals surface area contributed by atoms with Gasteiger partial charge in [-0.1, -0.05) is 12.1 Å². The molecule has 8 heteroatoms. The van der Waals surface area contributed by atoms with Gasteiger partial charge in [0.25, 0.3) is 5.69 Å². The number of piperazine rings is 1. The van der Waals surface area contributed by atoms with Crippen LogP contribution in [0.1, 0.15) is 10.4 Å². The van der Waals surface area contributed by atoms with Crippen LogP contribution in [0.25, 0.3) is 0 Å². The van der Waals surface area contributed by atoms with Crippen LogP contribution in [-0.2, 0) is 0 Å². The molecule has 1 saturated heterocycles. The van der Waals surface area contributed by atoms with E-state index in [0.717, 1.165) is 17.5 Å². The van der Waals surface area contributed by atoms with E-state index in [4.69, 9.17) is 9.84 Å². The van der Waals surface area contributed by atoms with Crippen molar-refractivity contribution in [1.29, 1.82) is 0 Å². The molecule has 1 fully saturated rings. The van der Waals surface area contributed by atoms with Gasteiger partial charge in [0.05, 0.1) is 23.3 Å². The summed E-state index contributed by atoms with van der Waals surface area (Å²) in [6, 6.07) is 11.8. The molecule has 2 aromatic carbocycles. The van der Waals surface area contributed by atoms with Gasteiger partial charge in [0, 0.05) is 32.2 Å². The summed E-state index contributed by atoms with van der Waals surface area (Å²) in [5.74, 6) is -0.390. The maximum Gasteiger partial charge on any atom is 0.335 e. The predicted octanol–water partition coefficient (Wildman–Crippen LogP) is 2.63. The molecule has 0 unspecified atom stereocenters. The zero-order valence-corrected chi connectivity index (χ0v) is 14.3. The minimum atomic E-state index is -1.18. The summed E-state index contributed by atoms with van der Waals surface area (Å²) in [5.41, 5.74) is 1.16. The summed E-state index contributed by atoms with van der Waals surface area (Å²) in [6.45, 7) is 2.53. The monoisotopic (exact) mass is 357 g/mol. The number of methoxy groups -OCH3 is 1. The van der Waals surface area contributed by atoms with Crippen molar-refractivity contribution in [3.63, 3.8) is 0 Å². The van der Waals surface area contributed by atoms with Crippen molar-refractivity contribution >= 4 is 23.0 Å². The van der Waals surface area contributed by atoms with Crippen molar-refractivity contribution < 1.29 is 19.6 Å². The van der Waals surface area contributed by atoms with Gasteiger partial charge in [0.1, 0.15) is 11.4 Å². The Bertz CT molecular complexity index is 831. The van der Waals surface area contributed by atoms with Crippen LogP contribution in [0.3, 0.4) is 0 Å². The average Bonchev–Trinajstić information content (AvgIpc) is 2.67. The van der Waals surface area contributed by atoms with Crippen molar-refractivity contribution in [3.8, 4) is 5.75 Å². The Kier molecular flexibility index (Phi) is 4.92. The normalized spacial score (nSPS) is 14.2. The lowest BCUT2D eigenvalue weighted by atomic mass is 10.1. The molecule has 2 aromatic rings. The lowest BCUT2D eigenvalue weighted by molar-refractivity contribution is -0.384. The third-order valence-electron chi connectivity index (χ3n) is 4.47. The molecule has 0 radical (unpaired) electrons. The highest BCUT2D eigenvalue weighted by molar-refractivity contribution is 5.89. The Labute approximate surface area is 150 Å². The summed E-state index contributed by atoms with van der Waals surface area (Å²) < 4.78 is 5.40. The first kappa shape index (κ1) is 17.5. The molecule has 1 N–H and O–H groups in total. The standard InChI is InChI=1S/C18H19N3O5/c1-26-17-5-3-2-4-15(17)20-10-8-19(9-11-20)14-7-6-13(18(22)23)12-16(14)21(24)25/h2-7,12H,8-11H2,1H3,(H,22,23). The Morgan fingerprint density at radius 2 is 1.69 bits per heavy atom. The molecule has 3 rings (SSSR count). The number of ether oxygens (including phenoxy) is 1. The number of benzene rings is 2. The summed E-state index contributed by atoms with van der Waals surface area (Å²) in [6.07, 6.45) is 0. The summed E-state index contributed by atoms with van der Waals surface area (Å²) in [5, 5.41) is 20.4. The van der Waals surface area contributed by atoms with Crippen LogP contribution >= 0.6 is 0 Å². The molecule has 1 aliphatic rings. The molecular formula is C18H19N3O5. The third-order valence-corrected chi connectivity index (χ3v) is 4.47. The van der Waals surface area contributed by atoms with Crippen molar-refractivity contribution in [3.05, 3.63) is 58.1 Å². The van der Waals surface area contributed by atoms with Gasteiger partial charge in [-0.2, -0.15) is 0 Å². The number of carboxylic acids is 1. The fourth-order valence-electron chi connectivity index (χ4n) is 3.15. The molecule has 0 spiro atoms. The maximum absolute atomic E-state index is 11.4. The zero-order valence-electron chi connectivity index (χ0n) is 14.3. The highest BCUT2D eigenvalue weighted by Crippen LogP contribution is 2.32. The van der Waals surface area contributed by atoms with E-state index >= 15 is 0 Å². The summed E-state index contributed by atoms with van der Waals surface area (Å²) in [7, 11) is 1.63. The molecule has 1 aliphatic heterocycles. The van der Waals surface area contributed by atoms with Gasteiger partial charge >= 0.3 is 5.97 Å². The molecule has 0 aromatic heterocycles. The molecule has 0 saturated carbocycles. The van der Waals surface area contributed by atoms with Crippen molar-refractivity contribution in [2.75, 3.05) is 43.1 Å².